The Morgan fingerprint density at radius 2 is 2.00 bits per heavy atom. The van der Waals surface area contributed by atoms with Crippen LogP contribution in [-0.2, 0) is 0 Å². The van der Waals surface area contributed by atoms with Gasteiger partial charge in [0.1, 0.15) is 0 Å². The maximum Gasteiger partial charge on any atom is 0.0571 e. The molecule has 18 heavy (non-hydrogen) atoms. The largest absolute Gasteiger partial charge is 0.323 e. The van der Waals surface area contributed by atoms with Crippen LogP contribution in [0.4, 0.5) is 0 Å². The Morgan fingerprint density at radius 3 is 2.50 bits per heavy atom. The summed E-state index contributed by atoms with van der Waals surface area (Å²) in [6.07, 6.45) is 2.87. The first kappa shape index (κ1) is 15.5. The average molecular weight is 267 g/mol. The van der Waals surface area contributed by atoms with E-state index in [4.69, 9.17) is 5.73 Å². The Balaban J connectivity index is 2.39. The van der Waals surface area contributed by atoms with Crippen molar-refractivity contribution >= 4 is 11.8 Å². The van der Waals surface area contributed by atoms with Gasteiger partial charge in [0.15, 0.2) is 0 Å². The van der Waals surface area contributed by atoms with E-state index in [1.54, 1.807) is 0 Å². The van der Waals surface area contributed by atoms with Crippen LogP contribution in [0.2, 0.25) is 0 Å². The Kier molecular flexibility index (Phi) is 7.32. The molecule has 1 aromatic rings. The minimum Gasteiger partial charge on any atom is -0.323 e. The van der Waals surface area contributed by atoms with Crippen LogP contribution in [0, 0.1) is 0 Å². The molecule has 0 spiro atoms. The van der Waals surface area contributed by atoms with Crippen LogP contribution in [-0.4, -0.2) is 35.3 Å². The second-order valence-electron chi connectivity index (χ2n) is 4.31. The van der Waals surface area contributed by atoms with E-state index in [1.165, 1.54) is 4.90 Å². The Labute approximate surface area is 115 Å². The van der Waals surface area contributed by atoms with E-state index in [9.17, 15) is 0 Å². The van der Waals surface area contributed by atoms with Gasteiger partial charge in [0.25, 0.3) is 0 Å². The lowest BCUT2D eigenvalue weighted by molar-refractivity contribution is 0.324. The molecule has 0 aliphatic heterocycles. The van der Waals surface area contributed by atoms with Crippen LogP contribution < -0.4 is 5.73 Å². The van der Waals surface area contributed by atoms with Crippen LogP contribution in [0.15, 0.2) is 23.2 Å². The summed E-state index contributed by atoms with van der Waals surface area (Å²) in [5.74, 6) is 1.11. The molecular formula is C14H25N3S. The fourth-order valence-electron chi connectivity index (χ4n) is 1.74. The third kappa shape index (κ3) is 4.96. The van der Waals surface area contributed by atoms with Gasteiger partial charge in [-0.2, -0.15) is 0 Å². The quantitative estimate of drug-likeness (QED) is 0.735. The van der Waals surface area contributed by atoms with E-state index >= 15 is 0 Å². The zero-order chi connectivity index (χ0) is 13.4. The van der Waals surface area contributed by atoms with Crippen molar-refractivity contribution in [3.63, 3.8) is 0 Å². The molecule has 1 heterocycles. The molecule has 0 saturated carbocycles. The summed E-state index contributed by atoms with van der Waals surface area (Å²) < 4.78 is 0. The van der Waals surface area contributed by atoms with Gasteiger partial charge in [-0.25, -0.2) is 0 Å². The second kappa shape index (κ2) is 8.51. The van der Waals surface area contributed by atoms with Crippen molar-refractivity contribution in [3.05, 3.63) is 24.0 Å². The van der Waals surface area contributed by atoms with Crippen molar-refractivity contribution in [1.29, 1.82) is 0 Å². The van der Waals surface area contributed by atoms with Crippen LogP contribution in [0.1, 0.15) is 38.9 Å². The molecule has 4 heteroatoms. The summed E-state index contributed by atoms with van der Waals surface area (Å²) in [6, 6.07) is 4.25. The third-order valence-corrected chi connectivity index (χ3v) is 4.11. The average Bonchev–Trinajstić information content (AvgIpc) is 2.43. The molecule has 0 aliphatic carbocycles. The smallest absolute Gasteiger partial charge is 0.0571 e. The van der Waals surface area contributed by atoms with Crippen molar-refractivity contribution in [2.45, 2.75) is 38.1 Å². The number of rotatable bonds is 8. The highest BCUT2D eigenvalue weighted by Crippen LogP contribution is 2.19. The molecule has 3 nitrogen and oxygen atoms in total. The molecule has 0 bridgehead atoms. The predicted octanol–water partition coefficient (Wildman–Crippen LogP) is 2.93. The van der Waals surface area contributed by atoms with Gasteiger partial charge in [0.2, 0.25) is 0 Å². The lowest BCUT2D eigenvalue weighted by Crippen LogP contribution is -2.25. The van der Waals surface area contributed by atoms with Gasteiger partial charge in [-0.15, -0.1) is 11.8 Å². The number of hydrogen-bond donors (Lipinski definition) is 1. The van der Waals surface area contributed by atoms with Crippen molar-refractivity contribution < 1.29 is 0 Å². The highest BCUT2D eigenvalue weighted by molar-refractivity contribution is 7.99. The van der Waals surface area contributed by atoms with Gasteiger partial charge in [0.05, 0.1) is 5.69 Å². The van der Waals surface area contributed by atoms with E-state index in [1.807, 2.05) is 24.0 Å². The normalized spacial score (nSPS) is 12.9. The van der Waals surface area contributed by atoms with E-state index in [2.05, 4.69) is 36.7 Å². The van der Waals surface area contributed by atoms with Gasteiger partial charge >= 0.3 is 0 Å². The summed E-state index contributed by atoms with van der Waals surface area (Å²) in [6.45, 7) is 9.87. The van der Waals surface area contributed by atoms with Crippen molar-refractivity contribution in [2.24, 2.45) is 5.73 Å². The van der Waals surface area contributed by atoms with E-state index in [0.717, 1.165) is 37.5 Å². The zero-order valence-electron chi connectivity index (χ0n) is 11.7. The number of aromatic nitrogens is 1. The fraction of sp³-hybridized carbons (Fsp3) is 0.643. The van der Waals surface area contributed by atoms with Crippen LogP contribution in [0.5, 0.6) is 0 Å². The number of hydrogen-bond acceptors (Lipinski definition) is 4. The molecule has 0 saturated heterocycles. The van der Waals surface area contributed by atoms with Gasteiger partial charge < -0.3 is 10.6 Å². The standard InChI is InChI=1S/C14H25N3S/c1-4-13(15)14-8-7-12(11-16-14)18-10-9-17(5-2)6-3/h7-8,11,13H,4-6,9-10,15H2,1-3H3/t13-/m1/s1. The van der Waals surface area contributed by atoms with Crippen LogP contribution >= 0.6 is 11.8 Å². The maximum absolute atomic E-state index is 5.94. The lowest BCUT2D eigenvalue weighted by atomic mass is 10.1. The summed E-state index contributed by atoms with van der Waals surface area (Å²) in [4.78, 5) is 8.09. The molecule has 1 aromatic heterocycles. The number of nitrogens with two attached hydrogens (primary N) is 1. The molecule has 0 unspecified atom stereocenters. The summed E-state index contributed by atoms with van der Waals surface area (Å²) >= 11 is 1.86. The Morgan fingerprint density at radius 1 is 1.28 bits per heavy atom. The zero-order valence-corrected chi connectivity index (χ0v) is 12.5. The van der Waals surface area contributed by atoms with Crippen molar-refractivity contribution in [3.8, 4) is 0 Å². The maximum atomic E-state index is 5.94. The fourth-order valence-corrected chi connectivity index (χ4v) is 2.61. The van der Waals surface area contributed by atoms with E-state index < -0.39 is 0 Å². The topological polar surface area (TPSA) is 42.1 Å². The van der Waals surface area contributed by atoms with Crippen LogP contribution in [0.25, 0.3) is 0 Å². The SMILES string of the molecule is CC[C@@H](N)c1ccc(SCCN(CC)CC)cn1. The molecule has 0 aromatic carbocycles. The highest BCUT2D eigenvalue weighted by atomic mass is 32.2. The van der Waals surface area contributed by atoms with Gasteiger partial charge in [-0.05, 0) is 31.6 Å². The minimum atomic E-state index is 0.0692. The van der Waals surface area contributed by atoms with Crippen molar-refractivity contribution in [2.75, 3.05) is 25.4 Å². The Hall–Kier alpha value is -0.580. The first-order valence-corrected chi connectivity index (χ1v) is 7.76. The predicted molar refractivity (Wildman–Crippen MR) is 80.0 cm³/mol. The Bertz CT molecular complexity index is 322. The number of nitrogens with zero attached hydrogens (tertiary/aromatic N) is 2. The summed E-state index contributed by atoms with van der Waals surface area (Å²) in [5, 5.41) is 0. The van der Waals surface area contributed by atoms with Gasteiger partial charge in [-0.3, -0.25) is 4.98 Å². The first-order valence-electron chi connectivity index (χ1n) is 6.77. The second-order valence-corrected chi connectivity index (χ2v) is 5.48. The number of thioether (sulfide) groups is 1. The molecule has 2 N–H and O–H groups in total. The monoisotopic (exact) mass is 267 g/mol. The first-order chi connectivity index (χ1) is 8.71. The van der Waals surface area contributed by atoms with Crippen LogP contribution in [0.3, 0.4) is 0 Å². The highest BCUT2D eigenvalue weighted by Gasteiger charge is 2.05. The molecule has 0 amide bonds. The lowest BCUT2D eigenvalue weighted by Gasteiger charge is -2.17. The third-order valence-electron chi connectivity index (χ3n) is 3.15. The van der Waals surface area contributed by atoms with E-state index in [-0.39, 0.29) is 6.04 Å². The molecule has 102 valence electrons. The number of pyridine rings is 1. The molecule has 1 rings (SSSR count). The molecule has 1 atom stereocenters. The van der Waals surface area contributed by atoms with Crippen molar-refractivity contribution in [1.82, 2.24) is 9.88 Å². The molecule has 0 aliphatic rings. The summed E-state index contributed by atoms with van der Waals surface area (Å²) in [5.41, 5.74) is 6.94. The summed E-state index contributed by atoms with van der Waals surface area (Å²) in [7, 11) is 0. The van der Waals surface area contributed by atoms with E-state index in [0.29, 0.717) is 0 Å². The van der Waals surface area contributed by atoms with Gasteiger partial charge in [-0.1, -0.05) is 20.8 Å². The minimum absolute atomic E-state index is 0.0692. The molecular weight excluding hydrogens is 242 g/mol. The molecule has 0 fully saturated rings. The van der Waals surface area contributed by atoms with Gasteiger partial charge in [0, 0.05) is 29.4 Å². The molecule has 0 radical (unpaired) electrons.